The van der Waals surface area contributed by atoms with Gasteiger partial charge in [-0.3, -0.25) is 14.5 Å². The Balaban J connectivity index is 1.61. The normalized spacial score (nSPS) is 16.7. The first-order valence-corrected chi connectivity index (χ1v) is 12.1. The lowest BCUT2D eigenvalue weighted by Crippen LogP contribution is -2.32. The lowest BCUT2D eigenvalue weighted by Gasteiger charge is -2.19. The van der Waals surface area contributed by atoms with Crippen molar-refractivity contribution in [1.29, 1.82) is 5.26 Å². The van der Waals surface area contributed by atoms with Gasteiger partial charge < -0.3 is 5.32 Å². The SMILES string of the molecule is Cc1ccc(N2C(=O)[C@H](Cc3ccc(F)cc3)S/C2=C(/C#N)C(=O)NCCc2ccccc2)cc1. The zero-order valence-electron chi connectivity index (χ0n) is 19.2. The smallest absolute Gasteiger partial charge is 0.264 e. The van der Waals surface area contributed by atoms with Crippen LogP contribution in [0.15, 0.2) is 89.5 Å². The van der Waals surface area contributed by atoms with Gasteiger partial charge in [-0.05, 0) is 55.2 Å². The van der Waals surface area contributed by atoms with E-state index in [-0.39, 0.29) is 17.3 Å². The number of amides is 2. The van der Waals surface area contributed by atoms with Crippen LogP contribution in [-0.4, -0.2) is 23.6 Å². The minimum atomic E-state index is -0.544. The molecule has 4 rings (SSSR count). The van der Waals surface area contributed by atoms with Gasteiger partial charge in [0.15, 0.2) is 0 Å². The molecule has 1 N–H and O–H groups in total. The summed E-state index contributed by atoms with van der Waals surface area (Å²) in [7, 11) is 0. The van der Waals surface area contributed by atoms with E-state index >= 15 is 0 Å². The van der Waals surface area contributed by atoms with Gasteiger partial charge in [0.1, 0.15) is 22.5 Å². The van der Waals surface area contributed by atoms with E-state index < -0.39 is 11.2 Å². The number of nitrogens with one attached hydrogen (secondary N) is 1. The summed E-state index contributed by atoms with van der Waals surface area (Å²) in [4.78, 5) is 27.9. The van der Waals surface area contributed by atoms with E-state index in [1.165, 1.54) is 28.8 Å². The third kappa shape index (κ3) is 5.79. The van der Waals surface area contributed by atoms with Crippen molar-refractivity contribution in [2.24, 2.45) is 0 Å². The van der Waals surface area contributed by atoms with Crippen LogP contribution in [0.3, 0.4) is 0 Å². The molecule has 0 spiro atoms. The Morgan fingerprint density at radius 2 is 1.71 bits per heavy atom. The summed E-state index contributed by atoms with van der Waals surface area (Å²) in [6.45, 7) is 2.31. The van der Waals surface area contributed by atoms with Gasteiger partial charge in [0.25, 0.3) is 5.91 Å². The molecule has 1 fully saturated rings. The Bertz CT molecular complexity index is 1280. The molecule has 5 nitrogen and oxygen atoms in total. The molecule has 7 heteroatoms. The van der Waals surface area contributed by atoms with E-state index in [1.54, 1.807) is 24.3 Å². The number of nitriles is 1. The average Bonchev–Trinajstić information content (AvgIpc) is 3.17. The first kappa shape index (κ1) is 24.2. The lowest BCUT2D eigenvalue weighted by molar-refractivity contribution is -0.117. The molecule has 0 aliphatic carbocycles. The van der Waals surface area contributed by atoms with E-state index in [0.29, 0.717) is 30.1 Å². The summed E-state index contributed by atoms with van der Waals surface area (Å²) in [5, 5.41) is 12.5. The highest BCUT2D eigenvalue weighted by Crippen LogP contribution is 2.42. The van der Waals surface area contributed by atoms with Crippen LogP contribution in [0, 0.1) is 24.1 Å². The highest BCUT2D eigenvalue weighted by molar-refractivity contribution is 8.05. The molecular formula is C28H24FN3O2S. The second-order valence-corrected chi connectivity index (χ2v) is 9.42. The van der Waals surface area contributed by atoms with Gasteiger partial charge in [-0.1, -0.05) is 71.9 Å². The minimum Gasteiger partial charge on any atom is -0.351 e. The highest BCUT2D eigenvalue weighted by Gasteiger charge is 2.40. The van der Waals surface area contributed by atoms with Gasteiger partial charge in [-0.25, -0.2) is 4.39 Å². The van der Waals surface area contributed by atoms with Crippen LogP contribution in [0.1, 0.15) is 16.7 Å². The zero-order valence-corrected chi connectivity index (χ0v) is 20.0. The fraction of sp³-hybridized carbons (Fsp3) is 0.179. The van der Waals surface area contributed by atoms with Gasteiger partial charge in [-0.15, -0.1) is 0 Å². The van der Waals surface area contributed by atoms with Crippen molar-refractivity contribution in [3.8, 4) is 6.07 Å². The summed E-state index contributed by atoms with van der Waals surface area (Å²) in [5.74, 6) is -1.08. The lowest BCUT2D eigenvalue weighted by atomic mass is 10.1. The van der Waals surface area contributed by atoms with Crippen LogP contribution in [0.25, 0.3) is 0 Å². The number of anilines is 1. The maximum Gasteiger partial charge on any atom is 0.264 e. The number of halogens is 1. The molecule has 1 aliphatic heterocycles. The largest absolute Gasteiger partial charge is 0.351 e. The Hall–Kier alpha value is -3.89. The van der Waals surface area contributed by atoms with Crippen LogP contribution in [0.4, 0.5) is 10.1 Å². The summed E-state index contributed by atoms with van der Waals surface area (Å²) in [6.07, 6.45) is 0.978. The van der Waals surface area contributed by atoms with Crippen LogP contribution < -0.4 is 10.2 Å². The van der Waals surface area contributed by atoms with Gasteiger partial charge in [-0.2, -0.15) is 5.26 Å². The molecule has 3 aromatic rings. The van der Waals surface area contributed by atoms with Crippen molar-refractivity contribution in [1.82, 2.24) is 5.32 Å². The van der Waals surface area contributed by atoms with E-state index in [4.69, 9.17) is 0 Å². The number of nitrogens with zero attached hydrogens (tertiary/aromatic N) is 2. The summed E-state index contributed by atoms with van der Waals surface area (Å²) in [6, 6.07) is 25.1. The van der Waals surface area contributed by atoms with Gasteiger partial charge in [0, 0.05) is 12.2 Å². The monoisotopic (exact) mass is 485 g/mol. The fourth-order valence-electron chi connectivity index (χ4n) is 3.80. The Kier molecular flexibility index (Phi) is 7.64. The summed E-state index contributed by atoms with van der Waals surface area (Å²) < 4.78 is 13.3. The second kappa shape index (κ2) is 11.0. The van der Waals surface area contributed by atoms with Crippen molar-refractivity contribution in [2.75, 3.05) is 11.4 Å². The van der Waals surface area contributed by atoms with Crippen molar-refractivity contribution in [3.05, 3.63) is 112 Å². The predicted molar refractivity (Wildman–Crippen MR) is 136 cm³/mol. The van der Waals surface area contributed by atoms with Gasteiger partial charge in [0.2, 0.25) is 5.91 Å². The highest BCUT2D eigenvalue weighted by atomic mass is 32.2. The van der Waals surface area contributed by atoms with Gasteiger partial charge in [0.05, 0.1) is 5.25 Å². The second-order valence-electron chi connectivity index (χ2n) is 8.23. The molecule has 0 bridgehead atoms. The third-order valence-corrected chi connectivity index (χ3v) is 6.94. The predicted octanol–water partition coefficient (Wildman–Crippen LogP) is 4.92. The zero-order chi connectivity index (χ0) is 24.8. The molecule has 176 valence electrons. The molecule has 1 aliphatic rings. The van der Waals surface area contributed by atoms with Crippen molar-refractivity contribution in [3.63, 3.8) is 0 Å². The quantitative estimate of drug-likeness (QED) is 0.381. The van der Waals surface area contributed by atoms with Crippen LogP contribution >= 0.6 is 11.8 Å². The molecular weight excluding hydrogens is 461 g/mol. The molecule has 3 aromatic carbocycles. The Labute approximate surface area is 208 Å². The van der Waals surface area contributed by atoms with Crippen molar-refractivity contribution in [2.45, 2.75) is 25.0 Å². The number of hydrogen-bond acceptors (Lipinski definition) is 4. The number of hydrogen-bond donors (Lipinski definition) is 1. The Morgan fingerprint density at radius 1 is 1.03 bits per heavy atom. The molecule has 0 radical (unpaired) electrons. The number of carbonyl (C=O) groups is 2. The summed E-state index contributed by atoms with van der Waals surface area (Å²) in [5.41, 5.74) is 3.40. The van der Waals surface area contributed by atoms with E-state index in [1.807, 2.05) is 55.5 Å². The Morgan fingerprint density at radius 3 is 2.37 bits per heavy atom. The fourth-order valence-corrected chi connectivity index (χ4v) is 5.11. The minimum absolute atomic E-state index is 0.0985. The topological polar surface area (TPSA) is 73.2 Å². The van der Waals surface area contributed by atoms with E-state index in [0.717, 1.165) is 16.7 Å². The molecule has 1 saturated heterocycles. The molecule has 0 unspecified atom stereocenters. The van der Waals surface area contributed by atoms with E-state index in [9.17, 15) is 19.2 Å². The van der Waals surface area contributed by atoms with Crippen LogP contribution in [0.2, 0.25) is 0 Å². The number of thioether (sulfide) groups is 1. The standard InChI is InChI=1S/C28H24FN3O2S/c1-19-7-13-23(14-8-19)32-27(34)25(17-21-9-11-22(29)12-10-21)35-28(32)24(18-30)26(33)31-16-15-20-5-3-2-4-6-20/h2-14,25H,15-17H2,1H3,(H,31,33)/b28-24-/t25-/m0/s1. The molecule has 0 saturated carbocycles. The molecule has 1 heterocycles. The van der Waals surface area contributed by atoms with E-state index in [2.05, 4.69) is 5.32 Å². The first-order valence-electron chi connectivity index (χ1n) is 11.2. The number of rotatable bonds is 7. The maximum absolute atomic E-state index is 13.5. The first-order chi connectivity index (χ1) is 17.0. The molecule has 2 amide bonds. The average molecular weight is 486 g/mol. The van der Waals surface area contributed by atoms with Crippen LogP contribution in [0.5, 0.6) is 0 Å². The summed E-state index contributed by atoms with van der Waals surface area (Å²) >= 11 is 1.19. The number of benzene rings is 3. The van der Waals surface area contributed by atoms with Crippen molar-refractivity contribution >= 4 is 29.3 Å². The van der Waals surface area contributed by atoms with Gasteiger partial charge >= 0.3 is 0 Å². The maximum atomic E-state index is 13.5. The third-order valence-electron chi connectivity index (χ3n) is 5.67. The van der Waals surface area contributed by atoms with Crippen molar-refractivity contribution < 1.29 is 14.0 Å². The molecule has 1 atom stereocenters. The number of aryl methyl sites for hydroxylation is 1. The van der Waals surface area contributed by atoms with Crippen LogP contribution in [-0.2, 0) is 22.4 Å². The molecule has 0 aromatic heterocycles. The molecule has 35 heavy (non-hydrogen) atoms. The number of carbonyl (C=O) groups excluding carboxylic acids is 2.